The summed E-state index contributed by atoms with van der Waals surface area (Å²) < 4.78 is 0. The van der Waals surface area contributed by atoms with Crippen LogP contribution in [0.25, 0.3) is 0 Å². The fraction of sp³-hybridized carbons (Fsp3) is 0.429. The van der Waals surface area contributed by atoms with Gasteiger partial charge in [-0.05, 0) is 6.16 Å². The summed E-state index contributed by atoms with van der Waals surface area (Å²) >= 11 is 0. The molecule has 0 aromatic carbocycles. The first-order chi connectivity index (χ1) is 7.51. The van der Waals surface area contributed by atoms with Gasteiger partial charge >= 0.3 is 148 Å². The number of aliphatic hydroxyl groups is 1. The molecule has 10 nitrogen and oxygen atoms in total. The van der Waals surface area contributed by atoms with Gasteiger partial charge in [-0.25, -0.2) is 0 Å². The molecule has 0 bridgehead atoms. The zero-order valence-corrected chi connectivity index (χ0v) is 23.0. The van der Waals surface area contributed by atoms with Crippen molar-refractivity contribution in [2.45, 2.75) is 18.4 Å². The third-order valence-corrected chi connectivity index (χ3v) is 1.25. The topological polar surface area (TPSA) is 204 Å². The van der Waals surface area contributed by atoms with E-state index in [1.807, 2.05) is 0 Å². The summed E-state index contributed by atoms with van der Waals surface area (Å²) in [7, 11) is 0. The van der Waals surface area contributed by atoms with Crippen molar-refractivity contribution >= 4 is 24.1 Å². The SMILES string of the molecule is O=C([O-])CC(O)(CC(=O)[O-])C(=O)[O-].O=C([O-])[O-].[Na+].[Na+].[Na+].[Na+].[Na+]. The molecule has 0 aromatic rings. The number of aliphatic carboxylic acids is 3. The largest absolute Gasteiger partial charge is 1.00 e. The number of carboxylic acid groups (broad SMARTS) is 5. The average Bonchev–Trinajstić information content (AvgIpc) is 1.98. The van der Waals surface area contributed by atoms with Gasteiger partial charge in [0.15, 0.2) is 0 Å². The summed E-state index contributed by atoms with van der Waals surface area (Å²) in [5.41, 5.74) is -2.97. The molecule has 22 heavy (non-hydrogen) atoms. The van der Waals surface area contributed by atoms with Crippen LogP contribution in [0.3, 0.4) is 0 Å². The van der Waals surface area contributed by atoms with Crippen molar-refractivity contribution in [2.24, 2.45) is 0 Å². The number of hydrogen-bond donors (Lipinski definition) is 1. The maximum atomic E-state index is 10.1. The Morgan fingerprint density at radius 3 is 0.955 bits per heavy atom. The zero-order chi connectivity index (χ0) is 14.2. The van der Waals surface area contributed by atoms with Crippen LogP contribution in [0.2, 0.25) is 0 Å². The molecule has 0 aliphatic heterocycles. The predicted molar refractivity (Wildman–Crippen MR) is 34.6 cm³/mol. The van der Waals surface area contributed by atoms with E-state index < -0.39 is 42.5 Å². The first kappa shape index (κ1) is 44.3. The molecule has 0 aliphatic carbocycles. The number of rotatable bonds is 5. The quantitative estimate of drug-likeness (QED) is 0.456. The van der Waals surface area contributed by atoms with E-state index in [-0.39, 0.29) is 148 Å². The summed E-state index contributed by atoms with van der Waals surface area (Å²) in [6.45, 7) is 0. The molecule has 0 aliphatic rings. The first-order valence-electron chi connectivity index (χ1n) is 3.72. The van der Waals surface area contributed by atoms with Crippen molar-refractivity contribution in [3.63, 3.8) is 0 Å². The second-order valence-electron chi connectivity index (χ2n) is 2.67. The van der Waals surface area contributed by atoms with Gasteiger partial charge in [-0.15, -0.1) is 0 Å². The molecule has 0 saturated heterocycles. The van der Waals surface area contributed by atoms with Crippen molar-refractivity contribution < 1.29 is 198 Å². The van der Waals surface area contributed by atoms with E-state index in [2.05, 4.69) is 0 Å². The van der Waals surface area contributed by atoms with Crippen molar-refractivity contribution in [3.8, 4) is 0 Å². The minimum absolute atomic E-state index is 0. The van der Waals surface area contributed by atoms with Gasteiger partial charge in [0.1, 0.15) is 5.60 Å². The molecule has 0 fully saturated rings. The normalized spacial score (nSPS) is 7.50. The molecule has 0 unspecified atom stereocenters. The van der Waals surface area contributed by atoms with Crippen LogP contribution in [0.4, 0.5) is 4.79 Å². The standard InChI is InChI=1S/C6H8O7.CH2O3.5Na/c7-3(8)1-6(13,5(11)12)2-4(9)10;2-1(3)4;;;;;/h13H,1-2H2,(H,7,8)(H,9,10)(H,11,12);(H2,2,3,4);;;;;/q;;5*+1/p-5. The summed E-state index contributed by atoms with van der Waals surface area (Å²) in [5.74, 6) is -5.98. The van der Waals surface area contributed by atoms with Crippen LogP contribution in [0, 0.1) is 0 Å². The Balaban J connectivity index is -0.0000000450. The molecule has 98 valence electrons. The smallest absolute Gasteiger partial charge is 0.652 e. The van der Waals surface area contributed by atoms with Crippen molar-refractivity contribution in [1.29, 1.82) is 0 Å². The van der Waals surface area contributed by atoms with Crippen LogP contribution >= 0.6 is 0 Å². The van der Waals surface area contributed by atoms with Crippen LogP contribution in [-0.2, 0) is 14.4 Å². The predicted octanol–water partition coefficient (Wildman–Crippen LogP) is -22.7. The van der Waals surface area contributed by atoms with E-state index in [4.69, 9.17) is 20.1 Å². The molecular formula is C7H5Na5O10. The molecule has 0 rings (SSSR count). The summed E-state index contributed by atoms with van der Waals surface area (Å²) in [6, 6.07) is 0. The average molecular weight is 364 g/mol. The van der Waals surface area contributed by atoms with Gasteiger partial charge in [0.05, 0.1) is 5.97 Å². The molecule has 0 aromatic heterocycles. The van der Waals surface area contributed by atoms with E-state index in [0.29, 0.717) is 0 Å². The van der Waals surface area contributed by atoms with Gasteiger partial charge in [-0.3, -0.25) is 0 Å². The monoisotopic (exact) mass is 364 g/mol. The number of carboxylic acids is 3. The number of carbonyl (C=O) groups excluding carboxylic acids is 4. The van der Waals surface area contributed by atoms with Crippen molar-refractivity contribution in [1.82, 2.24) is 0 Å². The summed E-state index contributed by atoms with van der Waals surface area (Å²) in [5, 5.41) is 55.6. The van der Waals surface area contributed by atoms with Crippen LogP contribution in [0.5, 0.6) is 0 Å². The zero-order valence-electron chi connectivity index (χ0n) is 13.0. The van der Waals surface area contributed by atoms with Gasteiger partial charge in [0.25, 0.3) is 0 Å². The minimum Gasteiger partial charge on any atom is -0.652 e. The van der Waals surface area contributed by atoms with Gasteiger partial charge in [-0.1, -0.05) is 0 Å². The van der Waals surface area contributed by atoms with Crippen LogP contribution in [-0.4, -0.2) is 34.8 Å². The molecule has 0 heterocycles. The fourth-order valence-electron chi connectivity index (χ4n) is 0.684. The van der Waals surface area contributed by atoms with E-state index in [1.54, 1.807) is 0 Å². The van der Waals surface area contributed by atoms with Crippen LogP contribution in [0.15, 0.2) is 0 Å². The summed E-state index contributed by atoms with van der Waals surface area (Å²) in [6.07, 6.45) is -5.05. The molecule has 0 radical (unpaired) electrons. The maximum absolute atomic E-state index is 10.1. The molecule has 15 heteroatoms. The van der Waals surface area contributed by atoms with Crippen molar-refractivity contribution in [2.75, 3.05) is 0 Å². The molecule has 0 amide bonds. The molecular weight excluding hydrogens is 359 g/mol. The Labute approximate surface area is 235 Å². The Kier molecular flexibility index (Phi) is 47.6. The minimum atomic E-state index is -2.97. The van der Waals surface area contributed by atoms with E-state index in [9.17, 15) is 29.7 Å². The molecule has 0 atom stereocenters. The Bertz CT molecular complexity index is 316. The summed E-state index contributed by atoms with van der Waals surface area (Å²) in [4.78, 5) is 38.3. The number of carbonyl (C=O) groups is 4. The van der Waals surface area contributed by atoms with E-state index in [0.717, 1.165) is 0 Å². The maximum Gasteiger partial charge on any atom is 1.00 e. The van der Waals surface area contributed by atoms with Crippen molar-refractivity contribution in [3.05, 3.63) is 0 Å². The second-order valence-corrected chi connectivity index (χ2v) is 2.67. The number of hydrogen-bond acceptors (Lipinski definition) is 10. The first-order valence-corrected chi connectivity index (χ1v) is 3.72. The molecule has 1 N–H and O–H groups in total. The van der Waals surface area contributed by atoms with Crippen LogP contribution < -0.4 is 173 Å². The van der Waals surface area contributed by atoms with E-state index >= 15 is 0 Å². The third-order valence-electron chi connectivity index (χ3n) is 1.25. The third kappa shape index (κ3) is 30.5. The van der Waals surface area contributed by atoms with E-state index in [1.165, 1.54) is 0 Å². The Hall–Kier alpha value is 2.64. The fourth-order valence-corrected chi connectivity index (χ4v) is 0.684. The van der Waals surface area contributed by atoms with Crippen LogP contribution in [0.1, 0.15) is 12.8 Å². The Morgan fingerprint density at radius 1 is 0.682 bits per heavy atom. The second kappa shape index (κ2) is 23.6. The van der Waals surface area contributed by atoms with Gasteiger partial charge < -0.3 is 49.8 Å². The van der Waals surface area contributed by atoms with Gasteiger partial charge in [-0.2, -0.15) is 0 Å². The van der Waals surface area contributed by atoms with Gasteiger partial charge in [0, 0.05) is 24.8 Å². The molecule has 0 saturated carbocycles. The molecule has 0 spiro atoms. The van der Waals surface area contributed by atoms with Gasteiger partial charge in [0.2, 0.25) is 0 Å². The Morgan fingerprint density at radius 2 is 0.864 bits per heavy atom.